The summed E-state index contributed by atoms with van der Waals surface area (Å²) in [4.78, 5) is 27.5. The maximum atomic E-state index is 11.7. The van der Waals surface area contributed by atoms with Gasteiger partial charge in [0.1, 0.15) is 0 Å². The van der Waals surface area contributed by atoms with E-state index in [2.05, 4.69) is 9.97 Å². The minimum Gasteiger partial charge on any atom is -0.311 e. The van der Waals surface area contributed by atoms with Crippen LogP contribution in [0.1, 0.15) is 16.8 Å². The fraction of sp³-hybridized carbons (Fsp3) is 0.167. The molecule has 1 aromatic carbocycles. The fourth-order valence-electron chi connectivity index (χ4n) is 1.72. The predicted octanol–water partition coefficient (Wildman–Crippen LogP) is 2.27. The van der Waals surface area contributed by atoms with E-state index >= 15 is 0 Å². The summed E-state index contributed by atoms with van der Waals surface area (Å²) in [6.45, 7) is 1.66. The molecule has 1 heterocycles. The molecule has 18 heavy (non-hydrogen) atoms. The largest absolute Gasteiger partial charge is 0.325 e. The quantitative estimate of drug-likeness (QED) is 0.889. The lowest BCUT2D eigenvalue weighted by Crippen LogP contribution is -2.27. The molecule has 0 saturated carbocycles. The van der Waals surface area contributed by atoms with E-state index in [-0.39, 0.29) is 6.42 Å². The molecular weight excluding hydrogens is 275 g/mol. The summed E-state index contributed by atoms with van der Waals surface area (Å²) >= 11 is 12.1. The first-order valence-electron chi connectivity index (χ1n) is 5.24. The third kappa shape index (κ3) is 2.49. The number of halogens is 2. The Kier molecular flexibility index (Phi) is 3.59. The Morgan fingerprint density at radius 3 is 2.22 bits per heavy atom. The van der Waals surface area contributed by atoms with Crippen LogP contribution in [0.3, 0.4) is 0 Å². The van der Waals surface area contributed by atoms with Crippen LogP contribution in [0.15, 0.2) is 27.8 Å². The normalized spacial score (nSPS) is 10.6. The molecule has 94 valence electrons. The summed E-state index contributed by atoms with van der Waals surface area (Å²) in [5.74, 6) is 0. The second kappa shape index (κ2) is 5.00. The number of benzene rings is 1. The predicted molar refractivity (Wildman–Crippen MR) is 71.7 cm³/mol. The molecule has 4 nitrogen and oxygen atoms in total. The van der Waals surface area contributed by atoms with E-state index in [1.165, 1.54) is 0 Å². The van der Waals surface area contributed by atoms with E-state index in [1.54, 1.807) is 25.1 Å². The highest BCUT2D eigenvalue weighted by molar-refractivity contribution is 6.36. The standard InChI is InChI=1S/C12H10Cl2N2O2/c1-6-7(11(17)16-12(18)15-6)5-8-9(13)3-2-4-10(8)14/h2-4H,5H2,1H3,(H2,15,16,17,18). The summed E-state index contributed by atoms with van der Waals surface area (Å²) in [5, 5.41) is 0.986. The lowest BCUT2D eigenvalue weighted by molar-refractivity contribution is 0.934. The van der Waals surface area contributed by atoms with Gasteiger partial charge in [-0.15, -0.1) is 0 Å². The summed E-state index contributed by atoms with van der Waals surface area (Å²) in [6, 6.07) is 5.15. The first-order valence-corrected chi connectivity index (χ1v) is 5.99. The van der Waals surface area contributed by atoms with Gasteiger partial charge in [-0.25, -0.2) is 4.79 Å². The zero-order valence-corrected chi connectivity index (χ0v) is 11.0. The molecule has 0 aliphatic carbocycles. The van der Waals surface area contributed by atoms with Gasteiger partial charge in [-0.1, -0.05) is 29.3 Å². The van der Waals surface area contributed by atoms with Gasteiger partial charge in [-0.05, 0) is 24.6 Å². The van der Waals surface area contributed by atoms with Crippen LogP contribution < -0.4 is 11.2 Å². The molecule has 0 bridgehead atoms. The van der Waals surface area contributed by atoms with E-state index in [4.69, 9.17) is 23.2 Å². The summed E-state index contributed by atoms with van der Waals surface area (Å²) in [7, 11) is 0. The molecule has 2 rings (SSSR count). The number of aromatic amines is 2. The Bertz CT molecular complexity index is 684. The topological polar surface area (TPSA) is 65.7 Å². The molecule has 1 aromatic heterocycles. The van der Waals surface area contributed by atoms with Gasteiger partial charge in [0, 0.05) is 27.7 Å². The molecule has 0 atom stereocenters. The number of hydrogen-bond donors (Lipinski definition) is 2. The van der Waals surface area contributed by atoms with Crippen molar-refractivity contribution in [2.24, 2.45) is 0 Å². The van der Waals surface area contributed by atoms with Crippen molar-refractivity contribution in [3.05, 3.63) is 65.9 Å². The van der Waals surface area contributed by atoms with Crippen LogP contribution in [0.25, 0.3) is 0 Å². The van der Waals surface area contributed by atoms with Crippen LogP contribution in [0, 0.1) is 6.92 Å². The number of aryl methyl sites for hydroxylation is 1. The summed E-state index contributed by atoms with van der Waals surface area (Å²) < 4.78 is 0. The Balaban J connectivity index is 2.54. The van der Waals surface area contributed by atoms with Crippen molar-refractivity contribution in [3.8, 4) is 0 Å². The number of hydrogen-bond acceptors (Lipinski definition) is 2. The second-order valence-corrected chi connectivity index (χ2v) is 4.70. The molecular formula is C12H10Cl2N2O2. The van der Waals surface area contributed by atoms with Gasteiger partial charge in [-0.2, -0.15) is 0 Å². The molecule has 2 N–H and O–H groups in total. The van der Waals surface area contributed by atoms with Crippen LogP contribution in [-0.2, 0) is 6.42 Å². The Hall–Kier alpha value is -1.52. The van der Waals surface area contributed by atoms with E-state index in [9.17, 15) is 9.59 Å². The van der Waals surface area contributed by atoms with Crippen molar-refractivity contribution < 1.29 is 0 Å². The molecule has 0 unspecified atom stereocenters. The average Bonchev–Trinajstić information content (AvgIpc) is 2.26. The molecule has 0 radical (unpaired) electrons. The van der Waals surface area contributed by atoms with Crippen LogP contribution in [-0.4, -0.2) is 9.97 Å². The van der Waals surface area contributed by atoms with Gasteiger partial charge in [0.2, 0.25) is 0 Å². The number of aromatic nitrogens is 2. The maximum Gasteiger partial charge on any atom is 0.325 e. The smallest absolute Gasteiger partial charge is 0.311 e. The number of H-pyrrole nitrogens is 2. The van der Waals surface area contributed by atoms with Gasteiger partial charge >= 0.3 is 5.69 Å². The average molecular weight is 285 g/mol. The van der Waals surface area contributed by atoms with E-state index < -0.39 is 11.2 Å². The van der Waals surface area contributed by atoms with Crippen molar-refractivity contribution in [2.45, 2.75) is 13.3 Å². The zero-order chi connectivity index (χ0) is 13.3. The Morgan fingerprint density at radius 1 is 1.06 bits per heavy atom. The third-order valence-electron chi connectivity index (χ3n) is 2.67. The Morgan fingerprint density at radius 2 is 1.67 bits per heavy atom. The van der Waals surface area contributed by atoms with Crippen LogP contribution in [0.4, 0.5) is 0 Å². The SMILES string of the molecule is Cc1[nH]c(=O)[nH]c(=O)c1Cc1c(Cl)cccc1Cl. The minimum atomic E-state index is -0.522. The van der Waals surface area contributed by atoms with Gasteiger partial charge in [0.05, 0.1) is 0 Å². The zero-order valence-electron chi connectivity index (χ0n) is 9.51. The number of nitrogens with one attached hydrogen (secondary N) is 2. The van der Waals surface area contributed by atoms with Crippen molar-refractivity contribution in [1.82, 2.24) is 9.97 Å². The molecule has 0 fully saturated rings. The van der Waals surface area contributed by atoms with Gasteiger partial charge in [0.25, 0.3) is 5.56 Å². The molecule has 6 heteroatoms. The summed E-state index contributed by atoms with van der Waals surface area (Å²) in [6.07, 6.45) is 0.274. The molecule has 2 aromatic rings. The monoisotopic (exact) mass is 284 g/mol. The van der Waals surface area contributed by atoms with Crippen molar-refractivity contribution in [1.29, 1.82) is 0 Å². The van der Waals surface area contributed by atoms with Crippen LogP contribution in [0.2, 0.25) is 10.0 Å². The molecule has 0 amide bonds. The van der Waals surface area contributed by atoms with Crippen LogP contribution >= 0.6 is 23.2 Å². The second-order valence-electron chi connectivity index (χ2n) is 3.89. The van der Waals surface area contributed by atoms with Crippen molar-refractivity contribution >= 4 is 23.2 Å². The molecule has 0 saturated heterocycles. The molecule has 0 aliphatic rings. The lowest BCUT2D eigenvalue weighted by Gasteiger charge is -2.08. The van der Waals surface area contributed by atoms with E-state index in [0.717, 1.165) is 0 Å². The third-order valence-corrected chi connectivity index (χ3v) is 3.38. The molecule has 0 aliphatic heterocycles. The van der Waals surface area contributed by atoms with Gasteiger partial charge in [-0.3, -0.25) is 9.78 Å². The van der Waals surface area contributed by atoms with Gasteiger partial charge in [0.15, 0.2) is 0 Å². The van der Waals surface area contributed by atoms with E-state index in [0.29, 0.717) is 26.9 Å². The van der Waals surface area contributed by atoms with Gasteiger partial charge < -0.3 is 4.98 Å². The lowest BCUT2D eigenvalue weighted by atomic mass is 10.1. The first-order chi connectivity index (χ1) is 8.49. The maximum absolute atomic E-state index is 11.7. The summed E-state index contributed by atoms with van der Waals surface area (Å²) in [5.41, 5.74) is 0.685. The van der Waals surface area contributed by atoms with Crippen molar-refractivity contribution in [3.63, 3.8) is 0 Å². The first kappa shape index (κ1) is 12.9. The molecule has 0 spiro atoms. The highest BCUT2D eigenvalue weighted by Gasteiger charge is 2.11. The highest BCUT2D eigenvalue weighted by Crippen LogP contribution is 2.26. The minimum absolute atomic E-state index is 0.274. The van der Waals surface area contributed by atoms with E-state index in [1.807, 2.05) is 0 Å². The van der Waals surface area contributed by atoms with Crippen molar-refractivity contribution in [2.75, 3.05) is 0 Å². The van der Waals surface area contributed by atoms with Crippen LogP contribution in [0.5, 0.6) is 0 Å². The highest BCUT2D eigenvalue weighted by atomic mass is 35.5. The Labute approximate surface area is 113 Å². The fourth-order valence-corrected chi connectivity index (χ4v) is 2.25. The number of rotatable bonds is 2.